The number of rotatable bonds is 6. The Hall–Kier alpha value is -3.75. The first-order chi connectivity index (χ1) is 13.9. The van der Waals surface area contributed by atoms with Crippen molar-refractivity contribution in [2.24, 2.45) is 0 Å². The zero-order valence-corrected chi connectivity index (χ0v) is 16.3. The van der Waals surface area contributed by atoms with Gasteiger partial charge in [0.1, 0.15) is 5.75 Å². The average Bonchev–Trinajstić information content (AvgIpc) is 3.13. The minimum Gasteiger partial charge on any atom is -0.484 e. The Kier molecular flexibility index (Phi) is 6.18. The number of hydrogen-bond donors (Lipinski definition) is 3. The molecule has 1 aliphatic rings. The van der Waals surface area contributed by atoms with Gasteiger partial charge in [-0.05, 0) is 42.5 Å². The molecule has 0 atom stereocenters. The predicted molar refractivity (Wildman–Crippen MR) is 110 cm³/mol. The summed E-state index contributed by atoms with van der Waals surface area (Å²) in [6, 6.07) is 13.2. The third-order valence-corrected chi connectivity index (χ3v) is 4.25. The van der Waals surface area contributed by atoms with Crippen molar-refractivity contribution in [2.75, 3.05) is 49.3 Å². The van der Waals surface area contributed by atoms with E-state index in [4.69, 9.17) is 4.74 Å². The SMILES string of the molecule is CN(C)C(=O)COc1ccc(NC(=O)Nc2cccc(N3CCNC3=O)c2)cc1. The van der Waals surface area contributed by atoms with Crippen LogP contribution in [0.15, 0.2) is 48.5 Å². The van der Waals surface area contributed by atoms with E-state index in [9.17, 15) is 14.4 Å². The predicted octanol–water partition coefficient (Wildman–Crippen LogP) is 2.33. The van der Waals surface area contributed by atoms with Crippen LogP contribution >= 0.6 is 0 Å². The number of carbonyl (C=O) groups is 3. The minimum absolute atomic E-state index is 0.0500. The van der Waals surface area contributed by atoms with E-state index in [0.717, 1.165) is 0 Å². The number of nitrogens with one attached hydrogen (secondary N) is 3. The normalized spacial score (nSPS) is 12.9. The quantitative estimate of drug-likeness (QED) is 0.696. The Bertz CT molecular complexity index is 898. The van der Waals surface area contributed by atoms with Crippen LogP contribution in [0.4, 0.5) is 26.7 Å². The molecule has 0 unspecified atom stereocenters. The number of likely N-dealkylation sites (N-methyl/N-ethyl adjacent to an activating group) is 1. The van der Waals surface area contributed by atoms with E-state index < -0.39 is 6.03 Å². The fourth-order valence-electron chi connectivity index (χ4n) is 2.67. The van der Waals surface area contributed by atoms with Crippen LogP contribution in [0.1, 0.15) is 0 Å². The van der Waals surface area contributed by atoms with Crippen LogP contribution in [-0.2, 0) is 4.79 Å². The van der Waals surface area contributed by atoms with Gasteiger partial charge in [-0.1, -0.05) is 6.07 Å². The molecule has 152 valence electrons. The number of hydrogen-bond acceptors (Lipinski definition) is 4. The molecule has 0 aliphatic carbocycles. The molecule has 0 radical (unpaired) electrons. The van der Waals surface area contributed by atoms with E-state index in [2.05, 4.69) is 16.0 Å². The summed E-state index contributed by atoms with van der Waals surface area (Å²) in [5, 5.41) is 8.21. The average molecular weight is 397 g/mol. The molecule has 5 amide bonds. The largest absolute Gasteiger partial charge is 0.484 e. The number of benzene rings is 2. The molecule has 0 bridgehead atoms. The fraction of sp³-hybridized carbons (Fsp3) is 0.250. The van der Waals surface area contributed by atoms with Gasteiger partial charge < -0.3 is 25.6 Å². The van der Waals surface area contributed by atoms with Gasteiger partial charge in [0.05, 0.1) is 0 Å². The molecule has 0 spiro atoms. The topological polar surface area (TPSA) is 103 Å². The Morgan fingerprint density at radius 2 is 1.83 bits per heavy atom. The van der Waals surface area contributed by atoms with Crippen molar-refractivity contribution in [3.8, 4) is 5.75 Å². The van der Waals surface area contributed by atoms with E-state index in [-0.39, 0.29) is 18.5 Å². The second-order valence-electron chi connectivity index (χ2n) is 6.61. The molecule has 1 saturated heterocycles. The van der Waals surface area contributed by atoms with E-state index in [1.165, 1.54) is 4.90 Å². The molecular weight excluding hydrogens is 374 g/mol. The maximum absolute atomic E-state index is 12.3. The Balaban J connectivity index is 1.54. The highest BCUT2D eigenvalue weighted by molar-refractivity contribution is 6.01. The molecule has 2 aromatic carbocycles. The third-order valence-electron chi connectivity index (χ3n) is 4.25. The standard InChI is InChI=1S/C20H23N5O4/c1-24(2)18(26)13-29-17-8-6-14(7-9-17)22-19(27)23-15-4-3-5-16(12-15)25-11-10-21-20(25)28/h3-9,12H,10-11,13H2,1-2H3,(H,21,28)(H2,22,23,27). The molecule has 3 N–H and O–H groups in total. The Morgan fingerprint density at radius 1 is 1.10 bits per heavy atom. The maximum Gasteiger partial charge on any atom is 0.323 e. The third kappa shape index (κ3) is 5.38. The van der Waals surface area contributed by atoms with E-state index >= 15 is 0 Å². The molecule has 0 aromatic heterocycles. The van der Waals surface area contributed by atoms with Gasteiger partial charge in [0.25, 0.3) is 5.91 Å². The summed E-state index contributed by atoms with van der Waals surface area (Å²) in [5.41, 5.74) is 1.86. The van der Waals surface area contributed by atoms with E-state index in [1.54, 1.807) is 61.5 Å². The van der Waals surface area contributed by atoms with Crippen LogP contribution in [0.25, 0.3) is 0 Å². The van der Waals surface area contributed by atoms with Crippen LogP contribution in [0.5, 0.6) is 5.75 Å². The molecule has 1 heterocycles. The highest BCUT2D eigenvalue weighted by Crippen LogP contribution is 2.21. The van der Waals surface area contributed by atoms with Crippen molar-refractivity contribution in [1.29, 1.82) is 0 Å². The molecule has 1 fully saturated rings. The van der Waals surface area contributed by atoms with Crippen molar-refractivity contribution >= 4 is 35.0 Å². The van der Waals surface area contributed by atoms with Crippen molar-refractivity contribution in [3.05, 3.63) is 48.5 Å². The zero-order valence-electron chi connectivity index (χ0n) is 16.3. The van der Waals surface area contributed by atoms with Crippen LogP contribution in [0.2, 0.25) is 0 Å². The number of urea groups is 2. The number of nitrogens with zero attached hydrogens (tertiary/aromatic N) is 2. The van der Waals surface area contributed by atoms with Gasteiger partial charge in [0.15, 0.2) is 6.61 Å². The molecule has 2 aromatic rings. The smallest absolute Gasteiger partial charge is 0.323 e. The highest BCUT2D eigenvalue weighted by atomic mass is 16.5. The number of amides is 5. The van der Waals surface area contributed by atoms with Crippen LogP contribution < -0.4 is 25.6 Å². The minimum atomic E-state index is -0.413. The van der Waals surface area contributed by atoms with Crippen molar-refractivity contribution in [2.45, 2.75) is 0 Å². The molecule has 29 heavy (non-hydrogen) atoms. The molecule has 9 nitrogen and oxygen atoms in total. The number of carbonyl (C=O) groups excluding carboxylic acids is 3. The van der Waals surface area contributed by atoms with Gasteiger partial charge in [-0.3, -0.25) is 9.69 Å². The summed E-state index contributed by atoms with van der Waals surface area (Å²) in [6.07, 6.45) is 0. The van der Waals surface area contributed by atoms with Crippen molar-refractivity contribution in [1.82, 2.24) is 10.2 Å². The second kappa shape index (κ2) is 8.96. The summed E-state index contributed by atoms with van der Waals surface area (Å²) in [7, 11) is 3.32. The molecule has 1 aliphatic heterocycles. The zero-order chi connectivity index (χ0) is 20.8. The van der Waals surface area contributed by atoms with Crippen molar-refractivity contribution in [3.63, 3.8) is 0 Å². The van der Waals surface area contributed by atoms with E-state index in [1.807, 2.05) is 6.07 Å². The van der Waals surface area contributed by atoms with Gasteiger partial charge >= 0.3 is 12.1 Å². The van der Waals surface area contributed by atoms with Gasteiger partial charge in [-0.25, -0.2) is 9.59 Å². The second-order valence-corrected chi connectivity index (χ2v) is 6.61. The lowest BCUT2D eigenvalue weighted by atomic mass is 10.2. The van der Waals surface area contributed by atoms with E-state index in [0.29, 0.717) is 35.9 Å². The molecule has 9 heteroatoms. The highest BCUT2D eigenvalue weighted by Gasteiger charge is 2.21. The number of ether oxygens (including phenoxy) is 1. The summed E-state index contributed by atoms with van der Waals surface area (Å²) in [4.78, 5) is 38.6. The van der Waals surface area contributed by atoms with Gasteiger partial charge in [0, 0.05) is 44.2 Å². The molecule has 0 saturated carbocycles. The Labute approximate surface area is 168 Å². The monoisotopic (exact) mass is 397 g/mol. The summed E-state index contributed by atoms with van der Waals surface area (Å²) in [5.74, 6) is 0.392. The molecule has 3 rings (SSSR count). The molecular formula is C20H23N5O4. The van der Waals surface area contributed by atoms with Crippen molar-refractivity contribution < 1.29 is 19.1 Å². The lowest BCUT2D eigenvalue weighted by molar-refractivity contribution is -0.130. The van der Waals surface area contributed by atoms with Gasteiger partial charge in [-0.2, -0.15) is 0 Å². The summed E-state index contributed by atoms with van der Waals surface area (Å²) >= 11 is 0. The Morgan fingerprint density at radius 3 is 2.48 bits per heavy atom. The lowest BCUT2D eigenvalue weighted by Crippen LogP contribution is -2.27. The lowest BCUT2D eigenvalue weighted by Gasteiger charge is -2.15. The summed E-state index contributed by atoms with van der Waals surface area (Å²) < 4.78 is 5.40. The van der Waals surface area contributed by atoms with Gasteiger partial charge in [0.2, 0.25) is 0 Å². The first-order valence-electron chi connectivity index (χ1n) is 9.09. The first-order valence-corrected chi connectivity index (χ1v) is 9.09. The van der Waals surface area contributed by atoms with Gasteiger partial charge in [-0.15, -0.1) is 0 Å². The first kappa shape index (κ1) is 20.0. The number of anilines is 3. The fourth-order valence-corrected chi connectivity index (χ4v) is 2.67. The summed E-state index contributed by atoms with van der Waals surface area (Å²) in [6.45, 7) is 1.13. The van der Waals surface area contributed by atoms with Crippen LogP contribution in [-0.4, -0.2) is 56.7 Å². The van der Waals surface area contributed by atoms with Crippen LogP contribution in [0, 0.1) is 0 Å². The van der Waals surface area contributed by atoms with Crippen LogP contribution in [0.3, 0.4) is 0 Å². The maximum atomic E-state index is 12.3.